The maximum atomic E-state index is 14.1. The number of rotatable bonds is 7. The van der Waals surface area contributed by atoms with Crippen molar-refractivity contribution in [3.05, 3.63) is 77.8 Å². The number of alkyl halides is 3. The summed E-state index contributed by atoms with van der Waals surface area (Å²) in [6.45, 7) is 6.76. The molecule has 0 aliphatic rings. The normalized spacial score (nSPS) is 10.1. The van der Waals surface area contributed by atoms with Crippen LogP contribution in [-0.2, 0) is 17.4 Å². The Kier molecular flexibility index (Phi) is 13.2. The summed E-state index contributed by atoms with van der Waals surface area (Å²) >= 11 is 0. The third kappa shape index (κ3) is 10.8. The lowest BCUT2D eigenvalue weighted by Crippen LogP contribution is -2.11. The van der Waals surface area contributed by atoms with Crippen LogP contribution in [0.5, 0.6) is 0 Å². The summed E-state index contributed by atoms with van der Waals surface area (Å²) < 4.78 is 66.3. The first-order chi connectivity index (χ1) is 15.5. The van der Waals surface area contributed by atoms with Gasteiger partial charge in [-0.15, -0.1) is 0 Å². The molecule has 1 heterocycles. The van der Waals surface area contributed by atoms with E-state index in [-0.39, 0.29) is 35.7 Å². The number of nitrogens with one attached hydrogen (secondary N) is 2. The van der Waals surface area contributed by atoms with Crippen molar-refractivity contribution in [1.82, 2.24) is 4.98 Å². The molecule has 0 unspecified atom stereocenters. The SMILES string of the molecule is C=C(Cc1cccc(C(F)(F)F)c1F)Nc1cnc(N/C=C/CC)c(F)c1.CC#N.O=CO. The molecule has 3 N–H and O–H groups in total. The van der Waals surface area contributed by atoms with Gasteiger partial charge in [-0.2, -0.15) is 18.4 Å². The van der Waals surface area contributed by atoms with Crippen LogP contribution in [0.1, 0.15) is 31.4 Å². The minimum atomic E-state index is -4.78. The van der Waals surface area contributed by atoms with Gasteiger partial charge in [-0.1, -0.05) is 31.7 Å². The van der Waals surface area contributed by atoms with Crippen molar-refractivity contribution in [1.29, 1.82) is 5.26 Å². The van der Waals surface area contributed by atoms with E-state index >= 15 is 0 Å². The van der Waals surface area contributed by atoms with Gasteiger partial charge in [-0.05, 0) is 24.3 Å². The molecule has 0 amide bonds. The standard InChI is InChI=1S/C19H18F5N3.C2H3N.CH2O2/c1-3-4-8-25-18-16(20)10-14(11-26-18)27-12(2)9-13-6-5-7-15(17(13)21)19(22,23)24;1-2-3;2-1-3/h4-8,10-11,27H,2-3,9H2,1H3,(H,25,26);1H3;1H,(H,2,3)/b8-4+;;. The summed E-state index contributed by atoms with van der Waals surface area (Å²) in [5.74, 6) is -1.95. The summed E-state index contributed by atoms with van der Waals surface area (Å²) in [5, 5.41) is 19.6. The monoisotopic (exact) mass is 470 g/mol. The fourth-order valence-corrected chi connectivity index (χ4v) is 2.28. The molecular weight excluding hydrogens is 447 g/mol. The molecular formula is C22H23F5N4O2. The van der Waals surface area contributed by atoms with Crippen molar-refractivity contribution in [3.63, 3.8) is 0 Å². The van der Waals surface area contributed by atoms with E-state index < -0.39 is 23.4 Å². The highest BCUT2D eigenvalue weighted by molar-refractivity contribution is 5.52. The van der Waals surface area contributed by atoms with Crippen LogP contribution in [0.4, 0.5) is 33.5 Å². The minimum Gasteiger partial charge on any atom is -0.483 e. The van der Waals surface area contributed by atoms with E-state index in [1.54, 1.807) is 18.3 Å². The van der Waals surface area contributed by atoms with Crippen LogP contribution < -0.4 is 10.6 Å². The molecule has 11 heteroatoms. The second-order valence-corrected chi connectivity index (χ2v) is 6.02. The van der Waals surface area contributed by atoms with Gasteiger partial charge in [0, 0.05) is 25.1 Å². The average Bonchev–Trinajstić information content (AvgIpc) is 2.71. The molecule has 6 nitrogen and oxygen atoms in total. The number of aromatic nitrogens is 1. The van der Waals surface area contributed by atoms with Crippen LogP contribution in [-0.4, -0.2) is 16.6 Å². The lowest BCUT2D eigenvalue weighted by atomic mass is 10.1. The first-order valence-corrected chi connectivity index (χ1v) is 9.30. The molecule has 1 aromatic heterocycles. The summed E-state index contributed by atoms with van der Waals surface area (Å²) in [6.07, 6.45) is 0.485. The lowest BCUT2D eigenvalue weighted by molar-refractivity contribution is -0.140. The molecule has 0 radical (unpaired) electrons. The van der Waals surface area contributed by atoms with Gasteiger partial charge in [-0.25, -0.2) is 13.8 Å². The number of hydrogen-bond donors (Lipinski definition) is 3. The Morgan fingerprint density at radius 1 is 1.33 bits per heavy atom. The van der Waals surface area contributed by atoms with Crippen LogP contribution in [0.15, 0.2) is 55.0 Å². The van der Waals surface area contributed by atoms with E-state index in [4.69, 9.17) is 15.2 Å². The van der Waals surface area contributed by atoms with E-state index in [0.29, 0.717) is 6.07 Å². The van der Waals surface area contributed by atoms with Crippen molar-refractivity contribution in [2.45, 2.75) is 32.9 Å². The van der Waals surface area contributed by atoms with Crippen LogP contribution in [0.3, 0.4) is 0 Å². The van der Waals surface area contributed by atoms with Gasteiger partial charge in [-0.3, -0.25) is 4.79 Å². The maximum Gasteiger partial charge on any atom is 0.419 e. The van der Waals surface area contributed by atoms with Crippen LogP contribution in [0, 0.1) is 23.0 Å². The number of allylic oxidation sites excluding steroid dienone is 2. The van der Waals surface area contributed by atoms with Gasteiger partial charge >= 0.3 is 6.18 Å². The van der Waals surface area contributed by atoms with E-state index in [2.05, 4.69) is 22.2 Å². The van der Waals surface area contributed by atoms with Gasteiger partial charge in [0.05, 0.1) is 23.5 Å². The highest BCUT2D eigenvalue weighted by Gasteiger charge is 2.34. The first-order valence-electron chi connectivity index (χ1n) is 9.30. The number of pyridine rings is 1. The van der Waals surface area contributed by atoms with Crippen molar-refractivity contribution in [2.75, 3.05) is 10.6 Å². The van der Waals surface area contributed by atoms with Gasteiger partial charge in [0.1, 0.15) is 5.82 Å². The van der Waals surface area contributed by atoms with Crippen molar-refractivity contribution < 1.29 is 31.9 Å². The molecule has 1 aromatic carbocycles. The summed E-state index contributed by atoms with van der Waals surface area (Å²) in [7, 11) is 0. The predicted octanol–water partition coefficient (Wildman–Crippen LogP) is 6.11. The van der Waals surface area contributed by atoms with E-state index in [1.807, 2.05) is 6.92 Å². The Labute approximate surface area is 188 Å². The molecule has 0 saturated heterocycles. The van der Waals surface area contributed by atoms with Gasteiger partial charge in [0.25, 0.3) is 6.47 Å². The third-order valence-corrected chi connectivity index (χ3v) is 3.52. The number of nitriles is 1. The Bertz CT molecular complexity index is 986. The van der Waals surface area contributed by atoms with Crippen LogP contribution in [0.25, 0.3) is 0 Å². The highest BCUT2D eigenvalue weighted by Crippen LogP contribution is 2.33. The van der Waals surface area contributed by atoms with Crippen molar-refractivity contribution in [3.8, 4) is 6.07 Å². The number of anilines is 2. The quantitative estimate of drug-likeness (QED) is 0.334. The molecule has 178 valence electrons. The summed E-state index contributed by atoms with van der Waals surface area (Å²) in [5.41, 5.74) is -1.06. The van der Waals surface area contributed by atoms with E-state index in [9.17, 15) is 22.0 Å². The predicted molar refractivity (Wildman–Crippen MR) is 115 cm³/mol. The van der Waals surface area contributed by atoms with Gasteiger partial charge < -0.3 is 15.7 Å². The topological polar surface area (TPSA) is 98.0 Å². The number of hydrogen-bond acceptors (Lipinski definition) is 5. The molecule has 33 heavy (non-hydrogen) atoms. The summed E-state index contributed by atoms with van der Waals surface area (Å²) in [6, 6.07) is 5.94. The average molecular weight is 470 g/mol. The molecule has 0 aliphatic carbocycles. The van der Waals surface area contributed by atoms with Gasteiger partial charge in [0.2, 0.25) is 0 Å². The van der Waals surface area contributed by atoms with Crippen LogP contribution >= 0.6 is 0 Å². The number of halogens is 5. The molecule has 2 rings (SSSR count). The third-order valence-electron chi connectivity index (χ3n) is 3.52. The largest absolute Gasteiger partial charge is 0.483 e. The van der Waals surface area contributed by atoms with Crippen molar-refractivity contribution >= 4 is 18.0 Å². The minimum absolute atomic E-state index is 0.0276. The number of carboxylic acid groups (broad SMARTS) is 1. The zero-order valence-electron chi connectivity index (χ0n) is 17.9. The maximum absolute atomic E-state index is 14.1. The Hall–Kier alpha value is -3.94. The van der Waals surface area contributed by atoms with Gasteiger partial charge in [0.15, 0.2) is 11.6 Å². The molecule has 0 aliphatic heterocycles. The fourth-order valence-electron chi connectivity index (χ4n) is 2.28. The lowest BCUT2D eigenvalue weighted by Gasteiger charge is -2.14. The van der Waals surface area contributed by atoms with E-state index in [1.165, 1.54) is 19.2 Å². The number of nitrogens with zero attached hydrogens (tertiary/aromatic N) is 2. The first kappa shape index (κ1) is 29.1. The molecule has 0 saturated carbocycles. The Morgan fingerprint density at radius 3 is 2.45 bits per heavy atom. The zero-order valence-corrected chi connectivity index (χ0v) is 17.9. The second-order valence-electron chi connectivity index (χ2n) is 6.02. The molecule has 2 aromatic rings. The molecule has 0 atom stereocenters. The van der Waals surface area contributed by atoms with Crippen molar-refractivity contribution in [2.24, 2.45) is 0 Å². The fraction of sp³-hybridized carbons (Fsp3) is 0.227. The Balaban J connectivity index is 0.00000154. The van der Waals surface area contributed by atoms with Crippen LogP contribution in [0.2, 0.25) is 0 Å². The molecule has 0 bridgehead atoms. The zero-order chi connectivity index (χ0) is 25.4. The molecule has 0 spiro atoms. The number of benzene rings is 1. The molecule has 0 fully saturated rings. The second kappa shape index (κ2) is 15.0. The van der Waals surface area contributed by atoms with E-state index in [0.717, 1.165) is 18.6 Å². The summed E-state index contributed by atoms with van der Waals surface area (Å²) in [4.78, 5) is 12.3. The highest BCUT2D eigenvalue weighted by atomic mass is 19.4. The number of carbonyl (C=O) groups is 1. The smallest absolute Gasteiger partial charge is 0.419 e. The Morgan fingerprint density at radius 2 is 1.94 bits per heavy atom.